The first-order chi connectivity index (χ1) is 13.2. The van der Waals surface area contributed by atoms with Crippen LogP contribution in [0, 0.1) is 5.82 Å². The lowest BCUT2D eigenvalue weighted by atomic mass is 10.1. The van der Waals surface area contributed by atoms with Gasteiger partial charge in [0.15, 0.2) is 0 Å². The van der Waals surface area contributed by atoms with E-state index in [1.807, 2.05) is 24.4 Å². The van der Waals surface area contributed by atoms with Gasteiger partial charge in [-0.2, -0.15) is 0 Å². The number of amides is 1. The molecule has 27 heavy (non-hydrogen) atoms. The maximum Gasteiger partial charge on any atom is 0.225 e. The topological polar surface area (TPSA) is 57.8 Å². The van der Waals surface area contributed by atoms with Crippen LogP contribution in [-0.2, 0) is 17.6 Å². The van der Waals surface area contributed by atoms with Crippen molar-refractivity contribution in [3.63, 3.8) is 0 Å². The first-order valence-electron chi connectivity index (χ1n) is 8.72. The number of hydrogen-bond acceptors (Lipinski definition) is 3. The van der Waals surface area contributed by atoms with E-state index >= 15 is 0 Å². The number of aromatic nitrogens is 2. The molecule has 2 heterocycles. The van der Waals surface area contributed by atoms with E-state index < -0.39 is 0 Å². The van der Waals surface area contributed by atoms with Crippen molar-refractivity contribution in [3.05, 3.63) is 77.2 Å². The highest BCUT2D eigenvalue weighted by atomic mass is 32.1. The third kappa shape index (κ3) is 3.90. The number of nitrogens with zero attached hydrogens (tertiary/aromatic N) is 1. The highest BCUT2D eigenvalue weighted by Gasteiger charge is 2.12. The Morgan fingerprint density at radius 3 is 2.85 bits per heavy atom. The molecule has 0 aliphatic rings. The van der Waals surface area contributed by atoms with Crippen LogP contribution in [0.15, 0.2) is 60.9 Å². The minimum absolute atomic E-state index is 0.0569. The number of halogens is 1. The average Bonchev–Trinajstić information content (AvgIpc) is 3.30. The Kier molecular flexibility index (Phi) is 4.98. The number of H-pyrrole nitrogens is 1. The third-order valence-corrected chi connectivity index (χ3v) is 5.41. The molecule has 0 unspecified atom stereocenters. The second-order valence-corrected chi connectivity index (χ2v) is 7.36. The zero-order valence-electron chi connectivity index (χ0n) is 14.5. The van der Waals surface area contributed by atoms with E-state index in [4.69, 9.17) is 0 Å². The van der Waals surface area contributed by atoms with Crippen LogP contribution in [0.4, 0.5) is 4.39 Å². The van der Waals surface area contributed by atoms with Gasteiger partial charge < -0.3 is 10.3 Å². The number of thiazole rings is 1. The predicted molar refractivity (Wildman–Crippen MR) is 106 cm³/mol. The molecule has 2 aromatic heterocycles. The number of benzene rings is 2. The van der Waals surface area contributed by atoms with Gasteiger partial charge in [-0.15, -0.1) is 11.3 Å². The summed E-state index contributed by atoms with van der Waals surface area (Å²) in [6.45, 7) is 0.569. The molecule has 6 heteroatoms. The van der Waals surface area contributed by atoms with Gasteiger partial charge >= 0.3 is 0 Å². The number of aromatic amines is 1. The van der Waals surface area contributed by atoms with Crippen molar-refractivity contribution in [2.24, 2.45) is 0 Å². The largest absolute Gasteiger partial charge is 0.361 e. The van der Waals surface area contributed by atoms with E-state index in [2.05, 4.69) is 21.4 Å². The van der Waals surface area contributed by atoms with Crippen molar-refractivity contribution >= 4 is 28.1 Å². The minimum Gasteiger partial charge on any atom is -0.361 e. The van der Waals surface area contributed by atoms with Crippen molar-refractivity contribution in [2.75, 3.05) is 6.54 Å². The second kappa shape index (κ2) is 7.72. The van der Waals surface area contributed by atoms with Crippen LogP contribution in [0.1, 0.15) is 10.4 Å². The van der Waals surface area contributed by atoms with Crippen molar-refractivity contribution in [1.82, 2.24) is 15.3 Å². The zero-order chi connectivity index (χ0) is 18.6. The summed E-state index contributed by atoms with van der Waals surface area (Å²) in [5.74, 6) is -0.361. The van der Waals surface area contributed by atoms with Crippen LogP contribution in [0.5, 0.6) is 0 Å². The highest BCUT2D eigenvalue weighted by Crippen LogP contribution is 2.27. The molecule has 2 N–H and O–H groups in total. The van der Waals surface area contributed by atoms with Gasteiger partial charge in [0.05, 0.1) is 6.42 Å². The fourth-order valence-electron chi connectivity index (χ4n) is 3.04. The summed E-state index contributed by atoms with van der Waals surface area (Å²) in [5, 5.41) is 4.72. The molecule has 4 nitrogen and oxygen atoms in total. The van der Waals surface area contributed by atoms with Gasteiger partial charge in [0.25, 0.3) is 0 Å². The molecular weight excluding hydrogens is 361 g/mol. The van der Waals surface area contributed by atoms with E-state index in [1.54, 1.807) is 24.4 Å². The molecule has 0 aliphatic carbocycles. The molecule has 0 spiro atoms. The number of para-hydroxylation sites is 1. The molecule has 0 saturated heterocycles. The van der Waals surface area contributed by atoms with Crippen LogP contribution >= 0.6 is 11.3 Å². The Labute approximate surface area is 160 Å². The Morgan fingerprint density at radius 1 is 1.15 bits per heavy atom. The average molecular weight is 379 g/mol. The molecule has 136 valence electrons. The van der Waals surface area contributed by atoms with Crippen LogP contribution in [-0.4, -0.2) is 22.4 Å². The quantitative estimate of drug-likeness (QED) is 0.524. The van der Waals surface area contributed by atoms with E-state index in [9.17, 15) is 9.18 Å². The lowest BCUT2D eigenvalue weighted by molar-refractivity contribution is -0.120. The first kappa shape index (κ1) is 17.4. The summed E-state index contributed by atoms with van der Waals surface area (Å²) in [6, 6.07) is 14.6. The van der Waals surface area contributed by atoms with Gasteiger partial charge in [-0.25, -0.2) is 9.37 Å². The van der Waals surface area contributed by atoms with Gasteiger partial charge in [-0.05, 0) is 30.2 Å². The Bertz CT molecular complexity index is 1090. The number of fused-ring (bicyclic) bond motifs is 1. The van der Waals surface area contributed by atoms with Gasteiger partial charge in [0.2, 0.25) is 5.91 Å². The fourth-order valence-corrected chi connectivity index (χ4v) is 3.98. The van der Waals surface area contributed by atoms with E-state index in [-0.39, 0.29) is 18.1 Å². The molecule has 0 bridgehead atoms. The molecule has 4 rings (SSSR count). The molecule has 0 saturated carbocycles. The van der Waals surface area contributed by atoms with Crippen LogP contribution in [0.25, 0.3) is 21.5 Å². The third-order valence-electron chi connectivity index (χ3n) is 4.38. The monoisotopic (exact) mass is 379 g/mol. The molecule has 0 atom stereocenters. The second-order valence-electron chi connectivity index (χ2n) is 6.25. The van der Waals surface area contributed by atoms with Crippen LogP contribution < -0.4 is 5.32 Å². The number of nitrogens with one attached hydrogen (secondary N) is 2. The first-order valence-corrected chi connectivity index (χ1v) is 9.53. The molecule has 0 aliphatic heterocycles. The molecule has 0 radical (unpaired) electrons. The lowest BCUT2D eigenvalue weighted by Gasteiger charge is -2.03. The lowest BCUT2D eigenvalue weighted by Crippen LogP contribution is -2.26. The summed E-state index contributed by atoms with van der Waals surface area (Å²) in [7, 11) is 0. The number of hydrogen-bond donors (Lipinski definition) is 2. The number of carbonyl (C=O) groups excluding carboxylic acids is 1. The van der Waals surface area contributed by atoms with Crippen molar-refractivity contribution < 1.29 is 9.18 Å². The zero-order valence-corrected chi connectivity index (χ0v) is 15.4. The van der Waals surface area contributed by atoms with E-state index in [1.165, 1.54) is 28.4 Å². The van der Waals surface area contributed by atoms with E-state index in [0.717, 1.165) is 16.8 Å². The molecule has 1 amide bonds. The Morgan fingerprint density at radius 2 is 1.96 bits per heavy atom. The molecule has 2 aromatic carbocycles. The Balaban J connectivity index is 1.33. The summed E-state index contributed by atoms with van der Waals surface area (Å²) >= 11 is 1.34. The van der Waals surface area contributed by atoms with Crippen LogP contribution in [0.3, 0.4) is 0 Å². The maximum atomic E-state index is 13.8. The highest BCUT2D eigenvalue weighted by molar-refractivity contribution is 7.15. The van der Waals surface area contributed by atoms with Crippen LogP contribution in [0.2, 0.25) is 0 Å². The van der Waals surface area contributed by atoms with Gasteiger partial charge in [0.1, 0.15) is 10.8 Å². The SMILES string of the molecule is O=C(Cc1cnc(-c2ccccc2F)s1)NCCc1c[nH]c2ccccc12. The smallest absolute Gasteiger partial charge is 0.225 e. The van der Waals surface area contributed by atoms with Crippen molar-refractivity contribution in [3.8, 4) is 10.6 Å². The van der Waals surface area contributed by atoms with Gasteiger partial charge in [-0.3, -0.25) is 4.79 Å². The normalized spacial score (nSPS) is 11.0. The molecule has 4 aromatic rings. The van der Waals surface area contributed by atoms with E-state index in [0.29, 0.717) is 17.1 Å². The number of rotatable bonds is 6. The summed E-state index contributed by atoms with van der Waals surface area (Å²) in [4.78, 5) is 20.5. The van der Waals surface area contributed by atoms with Crippen molar-refractivity contribution in [2.45, 2.75) is 12.8 Å². The predicted octanol–water partition coefficient (Wildman–Crippen LogP) is 4.33. The van der Waals surface area contributed by atoms with Crippen molar-refractivity contribution in [1.29, 1.82) is 0 Å². The standard InChI is InChI=1S/C21H18FN3OS/c22-18-7-3-1-6-17(18)21-25-13-15(27-21)11-20(26)23-10-9-14-12-24-19-8-4-2-5-16(14)19/h1-8,12-13,24H,9-11H2,(H,23,26). The summed E-state index contributed by atoms with van der Waals surface area (Å²) < 4.78 is 13.8. The number of carbonyl (C=O) groups is 1. The Hall–Kier alpha value is -2.99. The molecular formula is C21H18FN3OS. The van der Waals surface area contributed by atoms with Gasteiger partial charge in [0, 0.05) is 40.3 Å². The molecule has 0 fully saturated rings. The fraction of sp³-hybridized carbons (Fsp3) is 0.143. The summed E-state index contributed by atoms with van der Waals surface area (Å²) in [6.07, 6.45) is 4.64. The maximum absolute atomic E-state index is 13.8. The summed E-state index contributed by atoms with van der Waals surface area (Å²) in [5.41, 5.74) is 2.75. The minimum atomic E-state index is -0.304. The van der Waals surface area contributed by atoms with Gasteiger partial charge in [-0.1, -0.05) is 30.3 Å².